The van der Waals surface area contributed by atoms with Gasteiger partial charge in [-0.3, -0.25) is 0 Å². The minimum atomic E-state index is -0.858. The lowest BCUT2D eigenvalue weighted by atomic mass is 9.78. The summed E-state index contributed by atoms with van der Waals surface area (Å²) in [6.07, 6.45) is 1.21. The highest BCUT2D eigenvalue weighted by Crippen LogP contribution is 2.53. The fourth-order valence-corrected chi connectivity index (χ4v) is 4.84. The van der Waals surface area contributed by atoms with Crippen LogP contribution < -0.4 is 0 Å². The highest BCUT2D eigenvalue weighted by Gasteiger charge is 2.43. The number of carbonyl (C=O) groups is 1. The van der Waals surface area contributed by atoms with Gasteiger partial charge in [0.2, 0.25) is 0 Å². The smallest absolute Gasteiger partial charge is 0.335 e. The predicted molar refractivity (Wildman–Crippen MR) is 99.4 cm³/mol. The summed E-state index contributed by atoms with van der Waals surface area (Å²) in [4.78, 5) is 13.7. The molecule has 3 nitrogen and oxygen atoms in total. The third-order valence-electron chi connectivity index (χ3n) is 6.12. The third-order valence-corrected chi connectivity index (χ3v) is 6.12. The first-order chi connectivity index (χ1) is 12.1. The van der Waals surface area contributed by atoms with Crippen LogP contribution >= 0.6 is 0 Å². The molecular formula is C22H25NO2. The van der Waals surface area contributed by atoms with Gasteiger partial charge in [-0.15, -0.1) is 0 Å². The van der Waals surface area contributed by atoms with E-state index in [9.17, 15) is 9.90 Å². The SMILES string of the molecule is CCN1CCC2C(C1)c1ccc(C)cc1C2c1ccc(C(=O)O)cc1. The van der Waals surface area contributed by atoms with Crippen LogP contribution in [-0.2, 0) is 0 Å². The Hall–Kier alpha value is -2.13. The lowest BCUT2D eigenvalue weighted by Gasteiger charge is -2.37. The van der Waals surface area contributed by atoms with Crippen molar-refractivity contribution in [3.63, 3.8) is 0 Å². The predicted octanol–water partition coefficient (Wildman–Crippen LogP) is 4.26. The third kappa shape index (κ3) is 2.77. The van der Waals surface area contributed by atoms with Crippen molar-refractivity contribution < 1.29 is 9.90 Å². The van der Waals surface area contributed by atoms with Crippen LogP contribution in [0.15, 0.2) is 42.5 Å². The largest absolute Gasteiger partial charge is 0.478 e. The van der Waals surface area contributed by atoms with Crippen LogP contribution in [0, 0.1) is 12.8 Å². The number of piperidine rings is 1. The van der Waals surface area contributed by atoms with E-state index in [-0.39, 0.29) is 0 Å². The second kappa shape index (κ2) is 6.30. The van der Waals surface area contributed by atoms with Crippen LogP contribution in [0.2, 0.25) is 0 Å². The number of hydrogen-bond donors (Lipinski definition) is 1. The molecule has 1 aliphatic carbocycles. The van der Waals surface area contributed by atoms with E-state index in [2.05, 4.69) is 36.9 Å². The highest BCUT2D eigenvalue weighted by molar-refractivity contribution is 5.87. The number of carboxylic acid groups (broad SMARTS) is 1. The van der Waals surface area contributed by atoms with Crippen molar-refractivity contribution in [1.29, 1.82) is 0 Å². The molecule has 1 heterocycles. The number of likely N-dealkylation sites (tertiary alicyclic amines) is 1. The zero-order valence-corrected chi connectivity index (χ0v) is 14.9. The first kappa shape index (κ1) is 16.3. The van der Waals surface area contributed by atoms with Crippen LogP contribution in [0.5, 0.6) is 0 Å². The Morgan fingerprint density at radius 2 is 1.92 bits per heavy atom. The van der Waals surface area contributed by atoms with Gasteiger partial charge in [-0.05, 0) is 61.2 Å². The molecule has 0 spiro atoms. The molecular weight excluding hydrogens is 310 g/mol. The first-order valence-corrected chi connectivity index (χ1v) is 9.24. The van der Waals surface area contributed by atoms with Gasteiger partial charge >= 0.3 is 5.97 Å². The second-order valence-corrected chi connectivity index (χ2v) is 7.49. The molecule has 3 unspecified atom stereocenters. The zero-order chi connectivity index (χ0) is 17.6. The average molecular weight is 335 g/mol. The molecule has 2 aromatic carbocycles. The normalized spacial score (nSPS) is 25.4. The van der Waals surface area contributed by atoms with Crippen molar-refractivity contribution in [2.75, 3.05) is 19.6 Å². The maximum atomic E-state index is 11.2. The number of carboxylic acids is 1. The fraction of sp³-hybridized carbons (Fsp3) is 0.409. The second-order valence-electron chi connectivity index (χ2n) is 7.49. The molecule has 4 rings (SSSR count). The minimum absolute atomic E-state index is 0.364. The molecule has 1 aliphatic heterocycles. The zero-order valence-electron chi connectivity index (χ0n) is 14.9. The van der Waals surface area contributed by atoms with Crippen LogP contribution in [0.3, 0.4) is 0 Å². The van der Waals surface area contributed by atoms with E-state index in [4.69, 9.17) is 0 Å². The van der Waals surface area contributed by atoms with Gasteiger partial charge in [-0.25, -0.2) is 4.79 Å². The molecule has 0 saturated carbocycles. The van der Waals surface area contributed by atoms with Gasteiger partial charge in [0.05, 0.1) is 5.56 Å². The Balaban J connectivity index is 1.76. The number of rotatable bonds is 3. The van der Waals surface area contributed by atoms with Crippen molar-refractivity contribution in [2.45, 2.75) is 32.1 Å². The van der Waals surface area contributed by atoms with Crippen LogP contribution in [-0.4, -0.2) is 35.6 Å². The van der Waals surface area contributed by atoms with Gasteiger partial charge in [-0.1, -0.05) is 42.8 Å². The van der Waals surface area contributed by atoms with Gasteiger partial charge in [-0.2, -0.15) is 0 Å². The Morgan fingerprint density at radius 1 is 1.16 bits per heavy atom. The summed E-state index contributed by atoms with van der Waals surface area (Å²) in [7, 11) is 0. The van der Waals surface area contributed by atoms with Crippen LogP contribution in [0.1, 0.15) is 57.8 Å². The van der Waals surface area contributed by atoms with Crippen molar-refractivity contribution in [1.82, 2.24) is 4.90 Å². The summed E-state index contributed by atoms with van der Waals surface area (Å²) in [6, 6.07) is 14.5. The summed E-state index contributed by atoms with van der Waals surface area (Å²) in [6.45, 7) is 7.82. The Bertz CT molecular complexity index is 796. The van der Waals surface area contributed by atoms with E-state index in [0.717, 1.165) is 19.6 Å². The topological polar surface area (TPSA) is 40.5 Å². The first-order valence-electron chi connectivity index (χ1n) is 9.24. The lowest BCUT2D eigenvalue weighted by molar-refractivity contribution is 0.0697. The summed E-state index contributed by atoms with van der Waals surface area (Å²) in [5.74, 6) is 0.744. The van der Waals surface area contributed by atoms with E-state index >= 15 is 0 Å². The summed E-state index contributed by atoms with van der Waals surface area (Å²) in [5.41, 5.74) is 5.88. The van der Waals surface area contributed by atoms with E-state index in [0.29, 0.717) is 23.3 Å². The number of likely N-dealkylation sites (N-methyl/N-ethyl adjacent to an activating group) is 1. The molecule has 2 aromatic rings. The molecule has 0 radical (unpaired) electrons. The van der Waals surface area contributed by atoms with Crippen molar-refractivity contribution in [2.24, 2.45) is 5.92 Å². The monoisotopic (exact) mass is 335 g/mol. The number of nitrogens with zero attached hydrogens (tertiary/aromatic N) is 1. The molecule has 130 valence electrons. The minimum Gasteiger partial charge on any atom is -0.478 e. The molecule has 1 N–H and O–H groups in total. The Morgan fingerprint density at radius 3 is 2.60 bits per heavy atom. The average Bonchev–Trinajstić information content (AvgIpc) is 2.94. The van der Waals surface area contributed by atoms with Gasteiger partial charge in [0, 0.05) is 18.4 Å². The summed E-state index contributed by atoms with van der Waals surface area (Å²) >= 11 is 0. The standard InChI is InChI=1S/C22H25NO2/c1-3-23-11-10-18-20(13-23)17-9-4-14(2)12-19(17)21(18)15-5-7-16(8-6-15)22(24)25/h4-9,12,18,20-21H,3,10-11,13H2,1-2H3,(H,24,25). The molecule has 3 atom stereocenters. The van der Waals surface area contributed by atoms with E-state index in [1.165, 1.54) is 28.7 Å². The molecule has 0 aromatic heterocycles. The van der Waals surface area contributed by atoms with E-state index in [1.807, 2.05) is 12.1 Å². The van der Waals surface area contributed by atoms with Crippen molar-refractivity contribution in [3.8, 4) is 0 Å². The number of fused-ring (bicyclic) bond motifs is 3. The molecule has 0 amide bonds. The molecule has 2 aliphatic rings. The quantitative estimate of drug-likeness (QED) is 0.911. The van der Waals surface area contributed by atoms with Gasteiger partial charge in [0.25, 0.3) is 0 Å². The lowest BCUT2D eigenvalue weighted by Crippen LogP contribution is -2.38. The Kier molecular flexibility index (Phi) is 4.12. The van der Waals surface area contributed by atoms with Gasteiger partial charge in [0.1, 0.15) is 0 Å². The molecule has 1 saturated heterocycles. The molecule has 25 heavy (non-hydrogen) atoms. The van der Waals surface area contributed by atoms with Crippen molar-refractivity contribution >= 4 is 5.97 Å². The number of hydrogen-bond acceptors (Lipinski definition) is 2. The van der Waals surface area contributed by atoms with E-state index in [1.54, 1.807) is 12.1 Å². The molecule has 0 bridgehead atoms. The fourth-order valence-electron chi connectivity index (χ4n) is 4.84. The highest BCUT2D eigenvalue weighted by atomic mass is 16.4. The Labute approximate surface area is 149 Å². The van der Waals surface area contributed by atoms with Gasteiger partial charge in [0.15, 0.2) is 0 Å². The maximum Gasteiger partial charge on any atom is 0.335 e. The number of aromatic carboxylic acids is 1. The van der Waals surface area contributed by atoms with Crippen LogP contribution in [0.4, 0.5) is 0 Å². The summed E-state index contributed by atoms with van der Waals surface area (Å²) in [5, 5.41) is 9.17. The number of aryl methyl sites for hydroxylation is 1. The maximum absolute atomic E-state index is 11.2. The summed E-state index contributed by atoms with van der Waals surface area (Å²) < 4.78 is 0. The number of benzene rings is 2. The molecule has 3 heteroatoms. The molecule has 1 fully saturated rings. The van der Waals surface area contributed by atoms with Crippen molar-refractivity contribution in [3.05, 3.63) is 70.3 Å². The van der Waals surface area contributed by atoms with E-state index < -0.39 is 5.97 Å². The van der Waals surface area contributed by atoms with Crippen LogP contribution in [0.25, 0.3) is 0 Å². The van der Waals surface area contributed by atoms with Gasteiger partial charge < -0.3 is 10.0 Å².